The van der Waals surface area contributed by atoms with Crippen molar-refractivity contribution in [1.29, 1.82) is 0 Å². The molecule has 1 aliphatic carbocycles. The van der Waals surface area contributed by atoms with E-state index in [9.17, 15) is 4.79 Å². The molecule has 5 rings (SSSR count). The number of nitrogens with one attached hydrogen (secondary N) is 3. The Morgan fingerprint density at radius 2 is 1.50 bits per heavy atom. The van der Waals surface area contributed by atoms with E-state index in [2.05, 4.69) is 42.3 Å². The van der Waals surface area contributed by atoms with Crippen LogP contribution in [0.2, 0.25) is 0 Å². The zero-order valence-electron chi connectivity index (χ0n) is 21.2. The molecule has 2 aromatic heterocycles. The molecule has 1 saturated carbocycles. The van der Waals surface area contributed by atoms with Crippen molar-refractivity contribution in [1.82, 2.24) is 35.1 Å². The van der Waals surface area contributed by atoms with Crippen LogP contribution in [0.4, 0.5) is 0 Å². The summed E-state index contributed by atoms with van der Waals surface area (Å²) in [6, 6.07) is 9.40. The van der Waals surface area contributed by atoms with E-state index in [1.807, 2.05) is 12.1 Å². The molecule has 192 valence electrons. The number of aromatic amines is 2. The predicted molar refractivity (Wildman–Crippen MR) is 140 cm³/mol. The van der Waals surface area contributed by atoms with Crippen molar-refractivity contribution in [2.75, 3.05) is 13.1 Å². The van der Waals surface area contributed by atoms with Crippen molar-refractivity contribution in [2.45, 2.75) is 83.1 Å². The average Bonchev–Trinajstić information content (AvgIpc) is 3.56. The van der Waals surface area contributed by atoms with Crippen LogP contribution in [0.5, 0.6) is 0 Å². The molecule has 3 heterocycles. The van der Waals surface area contributed by atoms with Crippen LogP contribution in [0.25, 0.3) is 0 Å². The predicted octanol–water partition coefficient (Wildman–Crippen LogP) is 4.25. The minimum absolute atomic E-state index is 0.0341. The van der Waals surface area contributed by atoms with Crippen molar-refractivity contribution in [3.05, 3.63) is 71.8 Å². The van der Waals surface area contributed by atoms with Gasteiger partial charge in [0.05, 0.1) is 13.1 Å². The fourth-order valence-electron chi connectivity index (χ4n) is 5.63. The van der Waals surface area contributed by atoms with Gasteiger partial charge in [0.25, 0.3) is 5.91 Å². The number of likely N-dealkylation sites (tertiary alicyclic amines) is 1. The third-order valence-corrected chi connectivity index (χ3v) is 7.74. The molecule has 8 nitrogen and oxygen atoms in total. The van der Waals surface area contributed by atoms with Crippen molar-refractivity contribution < 1.29 is 4.79 Å². The van der Waals surface area contributed by atoms with Gasteiger partial charge in [-0.15, -0.1) is 0 Å². The molecule has 2 fully saturated rings. The number of hydrogen-bond acceptors (Lipinski definition) is 5. The zero-order chi connectivity index (χ0) is 24.6. The second-order valence-electron chi connectivity index (χ2n) is 10.3. The number of rotatable bonds is 9. The average molecular weight is 490 g/mol. The topological polar surface area (TPSA) is 92.9 Å². The van der Waals surface area contributed by atoms with Gasteiger partial charge in [-0.2, -0.15) is 0 Å². The van der Waals surface area contributed by atoms with E-state index in [1.54, 1.807) is 29.7 Å². The number of carbonyl (C=O) groups excluding carboxylic acids is 1. The van der Waals surface area contributed by atoms with E-state index in [4.69, 9.17) is 0 Å². The summed E-state index contributed by atoms with van der Waals surface area (Å²) < 4.78 is 0. The molecule has 8 heteroatoms. The summed E-state index contributed by atoms with van der Waals surface area (Å²) in [6.45, 7) is 4.07. The second kappa shape index (κ2) is 12.3. The summed E-state index contributed by atoms with van der Waals surface area (Å²) in [5.41, 5.74) is 1.88. The van der Waals surface area contributed by atoms with Crippen molar-refractivity contribution >= 4 is 5.91 Å². The fraction of sp³-hybridized carbons (Fsp3) is 0.536. The molecular weight excluding hydrogens is 450 g/mol. The highest BCUT2D eigenvalue weighted by atomic mass is 16.2. The number of benzene rings is 1. The summed E-state index contributed by atoms with van der Waals surface area (Å²) in [5.74, 6) is 1.47. The van der Waals surface area contributed by atoms with Gasteiger partial charge >= 0.3 is 0 Å². The minimum atomic E-state index is -0.0341. The second-order valence-corrected chi connectivity index (χ2v) is 10.3. The first-order valence-electron chi connectivity index (χ1n) is 13.6. The van der Waals surface area contributed by atoms with Gasteiger partial charge in [-0.05, 0) is 56.5 Å². The Morgan fingerprint density at radius 1 is 0.889 bits per heavy atom. The quantitative estimate of drug-likeness (QED) is 0.391. The Labute approximate surface area is 213 Å². The molecule has 1 aromatic carbocycles. The Kier molecular flexibility index (Phi) is 8.46. The Morgan fingerprint density at radius 3 is 2.06 bits per heavy atom. The number of H-pyrrole nitrogens is 2. The molecule has 3 N–H and O–H groups in total. The highest BCUT2D eigenvalue weighted by Gasteiger charge is 2.25. The SMILES string of the molecule is O=C(c1ccc(CNC2CCN(C3CCCCCC3)CC2)cc1)N(Cc1ncc[nH]1)Cc1ncc[nH]1. The molecule has 3 aromatic rings. The summed E-state index contributed by atoms with van der Waals surface area (Å²) >= 11 is 0. The molecule has 1 saturated heterocycles. The highest BCUT2D eigenvalue weighted by molar-refractivity contribution is 5.94. The number of piperidine rings is 1. The van der Waals surface area contributed by atoms with E-state index in [-0.39, 0.29) is 5.91 Å². The van der Waals surface area contributed by atoms with Crippen LogP contribution in [-0.4, -0.2) is 60.8 Å². The van der Waals surface area contributed by atoms with Gasteiger partial charge in [0.15, 0.2) is 0 Å². The van der Waals surface area contributed by atoms with Crippen LogP contribution in [0.15, 0.2) is 49.1 Å². The highest BCUT2D eigenvalue weighted by Crippen LogP contribution is 2.25. The van der Waals surface area contributed by atoms with Crippen LogP contribution in [0.1, 0.15) is 78.9 Å². The molecule has 0 atom stereocenters. The van der Waals surface area contributed by atoms with Gasteiger partial charge < -0.3 is 25.1 Å². The van der Waals surface area contributed by atoms with Gasteiger partial charge in [-0.25, -0.2) is 9.97 Å². The normalized spacial score (nSPS) is 18.2. The number of aromatic nitrogens is 4. The first kappa shape index (κ1) is 24.7. The van der Waals surface area contributed by atoms with Crippen LogP contribution in [0.3, 0.4) is 0 Å². The number of imidazole rings is 2. The standard InChI is InChI=1S/C28H39N7O/c36-28(35(20-26-29-13-14-30-26)21-27-31-15-16-32-27)23-9-7-22(8-10-23)19-33-24-11-17-34(18-12-24)25-5-3-1-2-4-6-25/h7-10,13-16,24-25,33H,1-6,11-12,17-21H2,(H,29,30)(H,31,32). The summed E-state index contributed by atoms with van der Waals surface area (Å²) in [4.78, 5) is 32.6. The first-order chi connectivity index (χ1) is 17.7. The smallest absolute Gasteiger partial charge is 0.254 e. The fourth-order valence-corrected chi connectivity index (χ4v) is 5.63. The van der Waals surface area contributed by atoms with E-state index in [1.165, 1.54) is 70.0 Å². The summed E-state index contributed by atoms with van der Waals surface area (Å²) in [7, 11) is 0. The maximum atomic E-state index is 13.3. The molecule has 0 radical (unpaired) electrons. The van der Waals surface area contributed by atoms with Gasteiger partial charge in [0, 0.05) is 49.0 Å². The van der Waals surface area contributed by atoms with Crippen molar-refractivity contribution in [3.63, 3.8) is 0 Å². The van der Waals surface area contributed by atoms with E-state index >= 15 is 0 Å². The third-order valence-electron chi connectivity index (χ3n) is 7.74. The van der Waals surface area contributed by atoms with Gasteiger partial charge in [0.2, 0.25) is 0 Å². The van der Waals surface area contributed by atoms with Crippen molar-refractivity contribution in [3.8, 4) is 0 Å². The lowest BCUT2D eigenvalue weighted by Gasteiger charge is -2.37. The van der Waals surface area contributed by atoms with Crippen LogP contribution in [-0.2, 0) is 19.6 Å². The monoisotopic (exact) mass is 489 g/mol. The van der Waals surface area contributed by atoms with Crippen molar-refractivity contribution in [2.24, 2.45) is 0 Å². The Balaban J connectivity index is 1.12. The third kappa shape index (κ3) is 6.62. The van der Waals surface area contributed by atoms with Gasteiger partial charge in [-0.1, -0.05) is 37.8 Å². The number of hydrogen-bond donors (Lipinski definition) is 3. The molecular formula is C28H39N7O. The lowest BCUT2D eigenvalue weighted by Crippen LogP contribution is -2.46. The maximum absolute atomic E-state index is 13.3. The lowest BCUT2D eigenvalue weighted by molar-refractivity contribution is 0.0721. The molecule has 1 amide bonds. The summed E-state index contributed by atoms with van der Waals surface area (Å²) in [5, 5.41) is 3.76. The number of amides is 1. The van der Waals surface area contributed by atoms with Crippen LogP contribution >= 0.6 is 0 Å². The molecule has 0 bridgehead atoms. The largest absolute Gasteiger partial charge is 0.347 e. The Bertz CT molecular complexity index is 996. The zero-order valence-corrected chi connectivity index (χ0v) is 21.2. The summed E-state index contributed by atoms with van der Waals surface area (Å²) in [6.07, 6.45) is 17.8. The number of carbonyl (C=O) groups is 1. The molecule has 0 spiro atoms. The van der Waals surface area contributed by atoms with E-state index < -0.39 is 0 Å². The first-order valence-corrected chi connectivity index (χ1v) is 13.6. The van der Waals surface area contributed by atoms with Gasteiger partial charge in [0.1, 0.15) is 11.6 Å². The minimum Gasteiger partial charge on any atom is -0.347 e. The lowest BCUT2D eigenvalue weighted by atomic mass is 9.99. The van der Waals surface area contributed by atoms with Crippen LogP contribution < -0.4 is 5.32 Å². The maximum Gasteiger partial charge on any atom is 0.254 e. The van der Waals surface area contributed by atoms with E-state index in [0.717, 1.165) is 24.2 Å². The number of nitrogens with zero attached hydrogens (tertiary/aromatic N) is 4. The molecule has 36 heavy (non-hydrogen) atoms. The Hall–Kier alpha value is -2.97. The van der Waals surface area contributed by atoms with E-state index in [0.29, 0.717) is 24.7 Å². The van der Waals surface area contributed by atoms with Gasteiger partial charge in [-0.3, -0.25) is 4.79 Å². The molecule has 1 aliphatic heterocycles. The van der Waals surface area contributed by atoms with Crippen LogP contribution in [0, 0.1) is 0 Å². The molecule has 2 aliphatic rings. The molecule has 0 unspecified atom stereocenters.